The number of fused-ring (bicyclic) bond motifs is 2. The number of amides is 1. The first-order chi connectivity index (χ1) is 22.3. The maximum absolute atomic E-state index is 14.0. The zero-order valence-electron chi connectivity index (χ0n) is 25.9. The molecule has 1 aromatic heterocycles. The number of carbonyl (C=O) groups excluding carboxylic acids is 1. The van der Waals surface area contributed by atoms with Crippen LogP contribution in [0.1, 0.15) is 58.2 Å². The Labute approximate surface area is 275 Å². The van der Waals surface area contributed by atoms with Gasteiger partial charge in [0, 0.05) is 23.8 Å². The van der Waals surface area contributed by atoms with Gasteiger partial charge < -0.3 is 34.1 Å². The number of benzene rings is 3. The fourth-order valence-corrected chi connectivity index (χ4v) is 6.96. The second-order valence-electron chi connectivity index (χ2n) is 11.9. The molecule has 7 rings (SSSR count). The number of aryl methyl sites for hydroxylation is 2. The van der Waals surface area contributed by atoms with Crippen LogP contribution in [-0.2, 0) is 17.9 Å². The number of ether oxygens (including phenoxy) is 3. The number of rotatable bonds is 8. The zero-order valence-corrected chi connectivity index (χ0v) is 27.5. The molecule has 1 unspecified atom stereocenters. The molecule has 3 aromatic carbocycles. The number of hydrogen-bond donors (Lipinski definition) is 2. The van der Waals surface area contributed by atoms with Gasteiger partial charge in [-0.1, -0.05) is 45.4 Å². The minimum absolute atomic E-state index is 0.0519. The topological polar surface area (TPSA) is 110 Å². The van der Waals surface area contributed by atoms with E-state index < -0.39 is 0 Å². The Morgan fingerprint density at radius 3 is 2.50 bits per heavy atom. The van der Waals surface area contributed by atoms with Crippen molar-refractivity contribution in [3.63, 3.8) is 0 Å². The van der Waals surface area contributed by atoms with Gasteiger partial charge >= 0.3 is 0 Å². The highest BCUT2D eigenvalue weighted by atomic mass is 79.9. The molecule has 4 heterocycles. The van der Waals surface area contributed by atoms with Gasteiger partial charge in [0.2, 0.25) is 6.79 Å². The quantitative estimate of drug-likeness (QED) is 0.210. The first kappa shape index (κ1) is 30.2. The minimum Gasteiger partial charge on any atom is -0.504 e. The molecular weight excluding hydrogens is 652 g/mol. The van der Waals surface area contributed by atoms with Gasteiger partial charge in [-0.05, 0) is 91.9 Å². The second kappa shape index (κ2) is 12.4. The maximum Gasteiger partial charge on any atom is 0.257 e. The molecule has 4 aromatic rings. The number of likely N-dealkylation sites (tertiary alicyclic amines) is 1. The first-order valence-corrected chi connectivity index (χ1v) is 16.1. The molecule has 238 valence electrons. The number of carbonyl (C=O) groups is 1. The lowest BCUT2D eigenvalue weighted by Crippen LogP contribution is -2.31. The predicted octanol–water partition coefficient (Wildman–Crippen LogP) is 6.68. The molecule has 2 N–H and O–H groups in total. The number of anilines is 1. The van der Waals surface area contributed by atoms with Crippen molar-refractivity contribution in [3.8, 4) is 23.0 Å². The average Bonchev–Trinajstić information content (AvgIpc) is 3.80. The summed E-state index contributed by atoms with van der Waals surface area (Å²) in [6.07, 6.45) is 4.35. The standard InChI is InChI=1S/C35H35BrN4O6/c1-20-33(21(2)46-38-20)37-35(42)27-18-40(17-24-12-31-32(15-28(24)36)45-19-44-31)34(26-14-30(43-3)29(41)13-25(26)27)23-8-6-22(7-9-23)16-39-10-4-5-11-39/h6-9,12-15,18,34,41H,4-5,10-11,16-17,19H2,1-3H3,(H,37,42). The van der Waals surface area contributed by atoms with Gasteiger partial charge in [-0.25, -0.2) is 0 Å². The molecule has 0 bridgehead atoms. The molecule has 1 fully saturated rings. The van der Waals surface area contributed by atoms with Crippen LogP contribution in [0.3, 0.4) is 0 Å². The summed E-state index contributed by atoms with van der Waals surface area (Å²) in [7, 11) is 1.52. The van der Waals surface area contributed by atoms with E-state index in [0.717, 1.165) is 40.8 Å². The Morgan fingerprint density at radius 1 is 1.07 bits per heavy atom. The predicted molar refractivity (Wildman–Crippen MR) is 176 cm³/mol. The maximum atomic E-state index is 14.0. The van der Waals surface area contributed by atoms with Crippen molar-refractivity contribution in [2.45, 2.75) is 45.8 Å². The summed E-state index contributed by atoms with van der Waals surface area (Å²) in [5.41, 5.74) is 6.16. The zero-order chi connectivity index (χ0) is 31.9. The third-order valence-electron chi connectivity index (χ3n) is 8.87. The summed E-state index contributed by atoms with van der Waals surface area (Å²) in [6, 6.07) is 15.7. The van der Waals surface area contributed by atoms with E-state index >= 15 is 0 Å². The molecule has 10 nitrogen and oxygen atoms in total. The number of hydrogen-bond acceptors (Lipinski definition) is 9. The minimum atomic E-state index is -0.352. The van der Waals surface area contributed by atoms with Gasteiger partial charge in [-0.2, -0.15) is 0 Å². The molecule has 1 amide bonds. The Hall–Kier alpha value is -4.48. The van der Waals surface area contributed by atoms with E-state index in [2.05, 4.69) is 60.5 Å². The number of halogens is 1. The first-order valence-electron chi connectivity index (χ1n) is 15.3. The van der Waals surface area contributed by atoms with E-state index in [-0.39, 0.29) is 24.5 Å². The summed E-state index contributed by atoms with van der Waals surface area (Å²) in [6.45, 7) is 7.31. The van der Waals surface area contributed by atoms with Crippen LogP contribution in [0, 0.1) is 13.8 Å². The normalized spacial score (nSPS) is 17.2. The fourth-order valence-electron chi connectivity index (χ4n) is 6.51. The van der Waals surface area contributed by atoms with Crippen molar-refractivity contribution in [1.82, 2.24) is 15.0 Å². The average molecular weight is 688 g/mol. The van der Waals surface area contributed by atoms with E-state index in [1.54, 1.807) is 19.9 Å². The van der Waals surface area contributed by atoms with Gasteiger partial charge in [0.1, 0.15) is 11.4 Å². The van der Waals surface area contributed by atoms with Gasteiger partial charge in [-0.3, -0.25) is 9.69 Å². The van der Waals surface area contributed by atoms with Gasteiger partial charge in [-0.15, -0.1) is 0 Å². The lowest BCUT2D eigenvalue weighted by atomic mass is 9.85. The van der Waals surface area contributed by atoms with Crippen LogP contribution in [0.25, 0.3) is 5.57 Å². The van der Waals surface area contributed by atoms with Crippen molar-refractivity contribution in [2.24, 2.45) is 0 Å². The monoisotopic (exact) mass is 686 g/mol. The van der Waals surface area contributed by atoms with Crippen LogP contribution >= 0.6 is 15.9 Å². The smallest absolute Gasteiger partial charge is 0.257 e. The summed E-state index contributed by atoms with van der Waals surface area (Å²) in [5.74, 6) is 1.78. The molecule has 46 heavy (non-hydrogen) atoms. The summed E-state index contributed by atoms with van der Waals surface area (Å²) in [5, 5.41) is 17.9. The summed E-state index contributed by atoms with van der Waals surface area (Å²) >= 11 is 3.73. The van der Waals surface area contributed by atoms with Crippen LogP contribution in [0.15, 0.2) is 63.7 Å². The number of aromatic nitrogens is 1. The second-order valence-corrected chi connectivity index (χ2v) is 12.8. The largest absolute Gasteiger partial charge is 0.504 e. The van der Waals surface area contributed by atoms with Crippen LogP contribution in [0.2, 0.25) is 0 Å². The number of phenols is 1. The Balaban J connectivity index is 1.33. The van der Waals surface area contributed by atoms with E-state index in [1.165, 1.54) is 25.5 Å². The highest BCUT2D eigenvalue weighted by molar-refractivity contribution is 9.10. The van der Waals surface area contributed by atoms with Crippen molar-refractivity contribution < 1.29 is 28.6 Å². The fraction of sp³-hybridized carbons (Fsp3) is 0.314. The molecule has 1 atom stereocenters. The van der Waals surface area contributed by atoms with Crippen molar-refractivity contribution in [2.75, 3.05) is 32.3 Å². The van der Waals surface area contributed by atoms with Crippen LogP contribution < -0.4 is 19.5 Å². The van der Waals surface area contributed by atoms with E-state index in [4.69, 9.17) is 18.7 Å². The highest BCUT2D eigenvalue weighted by Crippen LogP contribution is 2.46. The molecule has 11 heteroatoms. The number of phenolic OH excluding ortho intramolecular Hbond substituents is 1. The highest BCUT2D eigenvalue weighted by Gasteiger charge is 2.34. The van der Waals surface area contributed by atoms with Crippen molar-refractivity contribution in [1.29, 1.82) is 0 Å². The molecule has 0 radical (unpaired) electrons. The van der Waals surface area contributed by atoms with Crippen LogP contribution in [0.4, 0.5) is 5.69 Å². The van der Waals surface area contributed by atoms with E-state index in [1.807, 2.05) is 24.4 Å². The van der Waals surface area contributed by atoms with Crippen molar-refractivity contribution in [3.05, 3.63) is 98.5 Å². The number of nitrogens with one attached hydrogen (secondary N) is 1. The SMILES string of the molecule is COc1cc2c(cc1O)C(C(=O)Nc1c(C)noc1C)=CN(Cc1cc3c(cc1Br)OCO3)C2c1ccc(CN2CCCC2)cc1. The Kier molecular flexibility index (Phi) is 8.12. The molecule has 3 aliphatic heterocycles. The van der Waals surface area contributed by atoms with E-state index in [9.17, 15) is 9.90 Å². The molecule has 0 aliphatic carbocycles. The number of aromatic hydroxyl groups is 1. The number of nitrogens with zero attached hydrogens (tertiary/aromatic N) is 3. The lowest BCUT2D eigenvalue weighted by Gasteiger charge is -2.38. The Morgan fingerprint density at radius 2 is 1.80 bits per heavy atom. The van der Waals surface area contributed by atoms with Crippen LogP contribution in [-0.4, -0.2) is 53.0 Å². The summed E-state index contributed by atoms with van der Waals surface area (Å²) in [4.78, 5) is 18.6. The number of methoxy groups -OCH3 is 1. The summed E-state index contributed by atoms with van der Waals surface area (Å²) < 4.78 is 23.0. The lowest BCUT2D eigenvalue weighted by molar-refractivity contribution is -0.111. The van der Waals surface area contributed by atoms with Crippen molar-refractivity contribution >= 4 is 33.1 Å². The van der Waals surface area contributed by atoms with E-state index in [0.29, 0.717) is 52.1 Å². The Bertz CT molecular complexity index is 1810. The van der Waals surface area contributed by atoms with Crippen LogP contribution in [0.5, 0.6) is 23.0 Å². The third kappa shape index (κ3) is 5.69. The molecule has 1 saturated heterocycles. The van der Waals surface area contributed by atoms with Gasteiger partial charge in [0.15, 0.2) is 28.8 Å². The molecule has 0 saturated carbocycles. The van der Waals surface area contributed by atoms with Gasteiger partial charge in [0.25, 0.3) is 5.91 Å². The molecule has 3 aliphatic rings. The molecule has 0 spiro atoms. The molecular formula is C35H35BrN4O6. The third-order valence-corrected chi connectivity index (χ3v) is 9.61. The van der Waals surface area contributed by atoms with Gasteiger partial charge in [0.05, 0.1) is 18.7 Å².